The summed E-state index contributed by atoms with van der Waals surface area (Å²) >= 11 is 2.68. The molecular formula is C6H5FeO. The first kappa shape index (κ1) is 7.45. The summed E-state index contributed by atoms with van der Waals surface area (Å²) in [4.78, 5) is 9.82. The molecule has 1 aromatic carbocycles. The van der Waals surface area contributed by atoms with Crippen LogP contribution in [-0.2, 0) is 20.4 Å². The van der Waals surface area contributed by atoms with Crippen molar-refractivity contribution in [3.05, 3.63) is 30.3 Å². The molecule has 0 radical (unpaired) electrons. The minimum atomic E-state index is 1.25. The van der Waals surface area contributed by atoms with Gasteiger partial charge in [-0.3, -0.25) is 0 Å². The number of hydrogen-bond donors (Lipinski definition) is 0. The van der Waals surface area contributed by atoms with Crippen molar-refractivity contribution >= 4 is 4.79 Å². The van der Waals surface area contributed by atoms with Crippen LogP contribution in [0, 0.1) is 0 Å². The average molecular weight is 149 g/mol. The molecule has 0 unspecified atom stereocenters. The van der Waals surface area contributed by atoms with E-state index >= 15 is 0 Å². The Morgan fingerprint density at radius 3 is 1.88 bits per heavy atom. The van der Waals surface area contributed by atoms with E-state index in [4.69, 9.17) is 4.79 Å². The van der Waals surface area contributed by atoms with Crippen LogP contribution in [0.4, 0.5) is 0 Å². The number of rotatable bonds is 0. The van der Waals surface area contributed by atoms with Crippen LogP contribution in [0.25, 0.3) is 0 Å². The van der Waals surface area contributed by atoms with E-state index < -0.39 is 0 Å². The summed E-state index contributed by atoms with van der Waals surface area (Å²) in [6.07, 6.45) is 0. The van der Waals surface area contributed by atoms with Crippen molar-refractivity contribution in [2.75, 3.05) is 0 Å². The van der Waals surface area contributed by atoms with Crippen LogP contribution in [0.5, 0.6) is 0 Å². The van der Waals surface area contributed by atoms with E-state index in [0.717, 1.165) is 0 Å². The smallest absolute Gasteiger partial charge is 0.172 e. The topological polar surface area (TPSA) is 17.1 Å². The summed E-state index contributed by atoms with van der Waals surface area (Å²) in [5.74, 6) is 0. The summed E-state index contributed by atoms with van der Waals surface area (Å²) < 4.78 is 0. The van der Waals surface area contributed by atoms with Gasteiger partial charge in [0.2, 0.25) is 0 Å². The Balaban J connectivity index is 0.000000145. The number of hydrogen-bond acceptors (Lipinski definition) is 1. The Hall–Kier alpha value is -0.551. The Kier molecular flexibility index (Phi) is 6.01. The molecule has 0 amide bonds. The van der Waals surface area contributed by atoms with Crippen LogP contribution in [0.1, 0.15) is 0 Å². The van der Waals surface area contributed by atoms with E-state index in [-0.39, 0.29) is 0 Å². The van der Waals surface area contributed by atoms with Gasteiger partial charge in [0.25, 0.3) is 0 Å². The second-order valence-electron chi connectivity index (χ2n) is 1.03. The summed E-state index contributed by atoms with van der Waals surface area (Å²) in [5.41, 5.74) is 0. The molecule has 0 spiro atoms. The summed E-state index contributed by atoms with van der Waals surface area (Å²) in [5, 5.41) is 0. The molecule has 0 saturated heterocycles. The monoisotopic (exact) mass is 149 g/mol. The largest absolute Gasteiger partial charge is 0.214 e. The summed E-state index contributed by atoms with van der Waals surface area (Å²) in [6.45, 7) is 0. The molecule has 0 bridgehead atoms. The fourth-order valence-corrected chi connectivity index (χ4v) is 0.321. The normalized spacial score (nSPS) is 6.00. The molecule has 0 aliphatic carbocycles. The third kappa shape index (κ3) is 5.45. The predicted octanol–water partition coefficient (Wildman–Crippen LogP) is 1.01. The van der Waals surface area contributed by atoms with E-state index in [0.29, 0.717) is 0 Å². The van der Waals surface area contributed by atoms with Gasteiger partial charge in [-0.1, -0.05) is 0 Å². The van der Waals surface area contributed by atoms with E-state index in [9.17, 15) is 0 Å². The molecule has 0 saturated carbocycles. The van der Waals surface area contributed by atoms with Gasteiger partial charge in [0, 0.05) is 0 Å². The predicted molar refractivity (Wildman–Crippen MR) is 27.7 cm³/mol. The van der Waals surface area contributed by atoms with Crippen molar-refractivity contribution in [2.24, 2.45) is 0 Å². The minimum absolute atomic E-state index is 1.25. The van der Waals surface area contributed by atoms with Crippen molar-refractivity contribution in [3.63, 3.8) is 0 Å². The Morgan fingerprint density at radius 2 is 1.75 bits per heavy atom. The first-order chi connectivity index (χ1) is 3.91. The fraction of sp³-hybridized carbons (Fsp3) is 0. The second-order valence-corrected chi connectivity index (χ2v) is 1.26. The molecule has 0 aliphatic heterocycles. The molecule has 2 heteroatoms. The van der Waals surface area contributed by atoms with Crippen LogP contribution >= 0.6 is 0 Å². The van der Waals surface area contributed by atoms with Crippen LogP contribution in [0.3, 0.4) is 0 Å². The van der Waals surface area contributed by atoms with E-state index in [1.165, 1.54) is 4.79 Å². The van der Waals surface area contributed by atoms with Gasteiger partial charge in [0.1, 0.15) is 0 Å². The zero-order valence-electron chi connectivity index (χ0n) is 4.15. The van der Waals surface area contributed by atoms with Crippen LogP contribution in [0.15, 0.2) is 30.3 Å². The maximum absolute atomic E-state index is 8.57. The van der Waals surface area contributed by atoms with Crippen molar-refractivity contribution in [1.82, 2.24) is 0 Å². The minimum Gasteiger partial charge on any atom is -0.214 e. The number of carbonyl (C=O) groups excluding carboxylic acids is 1. The molecule has 0 atom stereocenters. The van der Waals surface area contributed by atoms with Gasteiger partial charge in [-0.2, -0.15) is 18.2 Å². The molecule has 8 heavy (non-hydrogen) atoms. The molecule has 0 fully saturated rings. The fourth-order valence-electron chi connectivity index (χ4n) is 0.321. The molecular weight excluding hydrogens is 144 g/mol. The first-order valence-electron chi connectivity index (χ1n) is 2.05. The van der Waals surface area contributed by atoms with E-state index in [2.05, 4.69) is 15.6 Å². The molecule has 0 aromatic heterocycles. The van der Waals surface area contributed by atoms with Crippen molar-refractivity contribution in [1.29, 1.82) is 0 Å². The molecule has 43 valence electrons. The maximum Gasteiger partial charge on any atom is -0.172 e. The van der Waals surface area contributed by atoms with E-state index in [1.54, 1.807) is 0 Å². The SMILES string of the molecule is O=[C]=[Fe+].c1cc[cH-]c1. The summed E-state index contributed by atoms with van der Waals surface area (Å²) in [6, 6.07) is 10.0. The second kappa shape index (κ2) is 6.45. The van der Waals surface area contributed by atoms with Crippen molar-refractivity contribution in [2.45, 2.75) is 0 Å². The van der Waals surface area contributed by atoms with Crippen LogP contribution in [0.2, 0.25) is 0 Å². The third-order valence-corrected chi connectivity index (χ3v) is 0.556. The van der Waals surface area contributed by atoms with Gasteiger partial charge in [-0.25, -0.2) is 12.1 Å². The average Bonchev–Trinajstić information content (AvgIpc) is 2.17. The van der Waals surface area contributed by atoms with Gasteiger partial charge in [-0.15, -0.1) is 0 Å². The molecule has 0 aliphatic rings. The third-order valence-electron chi connectivity index (χ3n) is 0.556. The van der Waals surface area contributed by atoms with Crippen molar-refractivity contribution in [3.8, 4) is 0 Å². The van der Waals surface area contributed by atoms with Gasteiger partial charge >= 0.3 is 25.2 Å². The molecule has 1 rings (SSSR count). The molecule has 0 N–H and O–H groups in total. The zero-order valence-corrected chi connectivity index (χ0v) is 5.25. The van der Waals surface area contributed by atoms with E-state index in [1.807, 2.05) is 30.3 Å². The molecule has 1 nitrogen and oxygen atoms in total. The standard InChI is InChI=1S/C5H5.CO.Fe/c1-2-4-5-3-1;1-2;/h1-5H;;/q-1;;+1. The van der Waals surface area contributed by atoms with Gasteiger partial charge in [0.05, 0.1) is 0 Å². The Bertz CT molecular complexity index is 120. The quantitative estimate of drug-likeness (QED) is 0.397. The van der Waals surface area contributed by atoms with Gasteiger partial charge in [-0.05, 0) is 0 Å². The maximum atomic E-state index is 8.57. The zero-order chi connectivity index (χ0) is 6.24. The molecule has 1 aromatic rings. The van der Waals surface area contributed by atoms with Gasteiger partial charge in [0.15, 0.2) is 0 Å². The Labute approximate surface area is 56.1 Å². The molecule has 0 heterocycles. The Morgan fingerprint density at radius 1 is 1.38 bits per heavy atom. The summed E-state index contributed by atoms with van der Waals surface area (Å²) in [7, 11) is 0. The van der Waals surface area contributed by atoms with Crippen LogP contribution < -0.4 is 0 Å². The first-order valence-corrected chi connectivity index (χ1v) is 2.60. The van der Waals surface area contributed by atoms with Crippen molar-refractivity contribution < 1.29 is 20.4 Å². The van der Waals surface area contributed by atoms with Gasteiger partial charge < -0.3 is 0 Å². The van der Waals surface area contributed by atoms with Crippen LogP contribution in [-0.4, -0.2) is 4.79 Å².